The third kappa shape index (κ3) is 3.67. The topological polar surface area (TPSA) is 76.2 Å². The molecule has 3 aromatic rings. The summed E-state index contributed by atoms with van der Waals surface area (Å²) in [7, 11) is 0. The summed E-state index contributed by atoms with van der Waals surface area (Å²) in [5, 5.41) is 9.31. The van der Waals surface area contributed by atoms with Gasteiger partial charge in [-0.05, 0) is 40.6 Å². The van der Waals surface area contributed by atoms with E-state index in [0.29, 0.717) is 11.3 Å². The van der Waals surface area contributed by atoms with Gasteiger partial charge in [-0.25, -0.2) is 4.79 Å². The molecule has 4 heteroatoms. The first-order valence-electron chi connectivity index (χ1n) is 7.45. The van der Waals surface area contributed by atoms with Crippen molar-refractivity contribution in [3.63, 3.8) is 0 Å². The largest absolute Gasteiger partial charge is 0.423 e. The van der Waals surface area contributed by atoms with Crippen molar-refractivity contribution in [1.82, 2.24) is 0 Å². The molecule has 0 aliphatic heterocycles. The molecule has 3 N–H and O–H groups in total. The van der Waals surface area contributed by atoms with Crippen LogP contribution in [-0.4, -0.2) is 11.8 Å². The second kappa shape index (κ2) is 6.79. The Balaban J connectivity index is 1.75. The molecule has 24 heavy (non-hydrogen) atoms. The molecule has 0 spiro atoms. The number of hydrogen-bond acceptors (Lipinski definition) is 3. The fourth-order valence-corrected chi connectivity index (χ4v) is 2.33. The van der Waals surface area contributed by atoms with Crippen molar-refractivity contribution in [2.75, 3.05) is 0 Å². The molecule has 0 bridgehead atoms. The number of nitrogens with one attached hydrogen (secondary N) is 1. The van der Waals surface area contributed by atoms with Gasteiger partial charge < -0.3 is 10.5 Å². The van der Waals surface area contributed by atoms with Crippen molar-refractivity contribution in [1.29, 1.82) is 5.41 Å². The highest BCUT2D eigenvalue weighted by Crippen LogP contribution is 2.22. The molecule has 0 unspecified atom stereocenters. The van der Waals surface area contributed by atoms with Gasteiger partial charge in [0.05, 0.1) is 0 Å². The first-order chi connectivity index (χ1) is 11.6. The number of fused-ring (bicyclic) bond motifs is 1. The van der Waals surface area contributed by atoms with Crippen LogP contribution in [0.1, 0.15) is 11.1 Å². The number of nitrogens with two attached hydrogens (primary N) is 1. The van der Waals surface area contributed by atoms with E-state index in [1.54, 1.807) is 24.3 Å². The van der Waals surface area contributed by atoms with Gasteiger partial charge in [-0.3, -0.25) is 5.41 Å². The Kier molecular flexibility index (Phi) is 4.38. The van der Waals surface area contributed by atoms with E-state index in [4.69, 9.17) is 15.9 Å². The summed E-state index contributed by atoms with van der Waals surface area (Å²) < 4.78 is 5.33. The lowest BCUT2D eigenvalue weighted by Crippen LogP contribution is -2.10. The maximum Gasteiger partial charge on any atom is 0.336 e. The van der Waals surface area contributed by atoms with Gasteiger partial charge in [-0.15, -0.1) is 0 Å². The van der Waals surface area contributed by atoms with Crippen LogP contribution >= 0.6 is 0 Å². The second-order valence-electron chi connectivity index (χ2n) is 5.30. The van der Waals surface area contributed by atoms with Gasteiger partial charge in [-0.1, -0.05) is 48.5 Å². The molecule has 0 saturated heterocycles. The molecule has 0 aromatic heterocycles. The van der Waals surface area contributed by atoms with E-state index < -0.39 is 5.97 Å². The molecule has 0 heterocycles. The lowest BCUT2D eigenvalue weighted by atomic mass is 10.1. The number of nitrogen functional groups attached to an aromatic ring is 1. The highest BCUT2D eigenvalue weighted by Gasteiger charge is 2.04. The van der Waals surface area contributed by atoms with Crippen LogP contribution in [0.25, 0.3) is 16.8 Å². The Morgan fingerprint density at radius 1 is 0.958 bits per heavy atom. The van der Waals surface area contributed by atoms with Crippen molar-refractivity contribution in [3.05, 3.63) is 83.9 Å². The van der Waals surface area contributed by atoms with Gasteiger partial charge in [0, 0.05) is 11.6 Å². The summed E-state index contributed by atoms with van der Waals surface area (Å²) in [4.78, 5) is 11.9. The lowest BCUT2D eigenvalue weighted by Gasteiger charge is -2.05. The fourth-order valence-electron chi connectivity index (χ4n) is 2.33. The van der Waals surface area contributed by atoms with Crippen LogP contribution in [-0.2, 0) is 4.79 Å². The minimum absolute atomic E-state index is 0.0263. The monoisotopic (exact) mass is 316 g/mol. The van der Waals surface area contributed by atoms with Crippen LogP contribution in [0.15, 0.2) is 72.8 Å². The molecule has 0 radical (unpaired) electrons. The van der Waals surface area contributed by atoms with E-state index in [9.17, 15) is 4.79 Å². The lowest BCUT2D eigenvalue weighted by molar-refractivity contribution is -0.128. The number of carbonyl (C=O) groups excluding carboxylic acids is 1. The summed E-state index contributed by atoms with van der Waals surface area (Å²) in [6.45, 7) is 0. The van der Waals surface area contributed by atoms with Crippen LogP contribution in [0.2, 0.25) is 0 Å². The number of carbonyl (C=O) groups is 1. The number of amidine groups is 1. The van der Waals surface area contributed by atoms with Crippen molar-refractivity contribution < 1.29 is 9.53 Å². The summed E-state index contributed by atoms with van der Waals surface area (Å²) >= 11 is 0. The first kappa shape index (κ1) is 15.5. The van der Waals surface area contributed by atoms with Crippen LogP contribution in [0.4, 0.5) is 0 Å². The Hall–Kier alpha value is -3.40. The van der Waals surface area contributed by atoms with Gasteiger partial charge in [0.15, 0.2) is 0 Å². The van der Waals surface area contributed by atoms with Gasteiger partial charge in [0.1, 0.15) is 11.6 Å². The van der Waals surface area contributed by atoms with Crippen LogP contribution in [0.5, 0.6) is 5.75 Å². The Bertz CT molecular complexity index is 931. The molecule has 0 fully saturated rings. The minimum atomic E-state index is -0.432. The molecule has 118 valence electrons. The average Bonchev–Trinajstić information content (AvgIpc) is 2.60. The number of esters is 1. The minimum Gasteiger partial charge on any atom is -0.423 e. The van der Waals surface area contributed by atoms with Crippen LogP contribution in [0.3, 0.4) is 0 Å². The van der Waals surface area contributed by atoms with Gasteiger partial charge in [-0.2, -0.15) is 0 Å². The van der Waals surface area contributed by atoms with E-state index in [0.717, 1.165) is 16.3 Å². The van der Waals surface area contributed by atoms with Crippen molar-refractivity contribution in [3.8, 4) is 5.75 Å². The highest BCUT2D eigenvalue weighted by molar-refractivity contribution is 5.99. The molecule has 4 nitrogen and oxygen atoms in total. The molecule has 3 rings (SSSR count). The standard InChI is InChI=1S/C20H16N2O2/c21-20(22)17-8-7-16-13-18(10-9-15(16)12-17)24-19(23)11-6-14-4-2-1-3-5-14/h1-13H,(H3,21,22). The molecule has 0 aliphatic carbocycles. The van der Waals surface area contributed by atoms with E-state index in [2.05, 4.69) is 0 Å². The summed E-state index contributed by atoms with van der Waals surface area (Å²) in [6, 6.07) is 20.3. The third-order valence-electron chi connectivity index (χ3n) is 3.55. The first-order valence-corrected chi connectivity index (χ1v) is 7.45. The maximum atomic E-state index is 11.9. The fraction of sp³-hybridized carbons (Fsp3) is 0. The van der Waals surface area contributed by atoms with Crippen LogP contribution < -0.4 is 10.5 Å². The SMILES string of the molecule is N=C(N)c1ccc2cc(OC(=O)C=Cc3ccccc3)ccc2c1. The maximum absolute atomic E-state index is 11.9. The summed E-state index contributed by atoms with van der Waals surface area (Å²) in [5.74, 6) is 0.0674. The van der Waals surface area contributed by atoms with E-state index in [1.165, 1.54) is 6.08 Å². The van der Waals surface area contributed by atoms with E-state index in [-0.39, 0.29) is 5.84 Å². The zero-order chi connectivity index (χ0) is 16.9. The van der Waals surface area contributed by atoms with Crippen molar-refractivity contribution >= 4 is 28.7 Å². The molecular formula is C20H16N2O2. The summed E-state index contributed by atoms with van der Waals surface area (Å²) in [5.41, 5.74) is 7.09. The predicted molar refractivity (Wildman–Crippen MR) is 96.1 cm³/mol. The quantitative estimate of drug-likeness (QED) is 0.253. The van der Waals surface area contributed by atoms with E-state index >= 15 is 0 Å². The molecule has 0 amide bonds. The van der Waals surface area contributed by atoms with Crippen molar-refractivity contribution in [2.45, 2.75) is 0 Å². The van der Waals surface area contributed by atoms with Gasteiger partial charge >= 0.3 is 5.97 Å². The zero-order valence-electron chi connectivity index (χ0n) is 12.9. The number of rotatable bonds is 4. The number of ether oxygens (including phenoxy) is 1. The summed E-state index contributed by atoms with van der Waals surface area (Å²) in [6.07, 6.45) is 3.11. The smallest absolute Gasteiger partial charge is 0.336 e. The average molecular weight is 316 g/mol. The Morgan fingerprint density at radius 3 is 2.42 bits per heavy atom. The molecule has 3 aromatic carbocycles. The normalized spacial score (nSPS) is 10.8. The van der Waals surface area contributed by atoms with Gasteiger partial charge in [0.25, 0.3) is 0 Å². The number of hydrogen-bond donors (Lipinski definition) is 2. The zero-order valence-corrected chi connectivity index (χ0v) is 12.9. The van der Waals surface area contributed by atoms with Gasteiger partial charge in [0.2, 0.25) is 0 Å². The molecule has 0 atom stereocenters. The van der Waals surface area contributed by atoms with Crippen molar-refractivity contribution in [2.24, 2.45) is 5.73 Å². The molecule has 0 aliphatic rings. The molecular weight excluding hydrogens is 300 g/mol. The highest BCUT2D eigenvalue weighted by atomic mass is 16.5. The van der Waals surface area contributed by atoms with E-state index in [1.807, 2.05) is 48.5 Å². The third-order valence-corrected chi connectivity index (χ3v) is 3.55. The van der Waals surface area contributed by atoms with Crippen LogP contribution in [0, 0.1) is 5.41 Å². The predicted octanol–water partition coefficient (Wildman–Crippen LogP) is 3.74. The Labute approximate surface area is 139 Å². The second-order valence-corrected chi connectivity index (χ2v) is 5.30. The molecule has 0 saturated carbocycles. The Morgan fingerprint density at radius 2 is 1.67 bits per heavy atom. The number of benzene rings is 3.